The van der Waals surface area contributed by atoms with Gasteiger partial charge in [0.05, 0.1) is 12.1 Å². The van der Waals surface area contributed by atoms with Crippen LogP contribution in [-0.4, -0.2) is 29.8 Å². The molecule has 0 aliphatic carbocycles. The Morgan fingerprint density at radius 3 is 2.50 bits per heavy atom. The van der Waals surface area contributed by atoms with E-state index in [1.165, 1.54) is 0 Å². The Labute approximate surface area is 139 Å². The highest BCUT2D eigenvalue weighted by Gasteiger charge is 2.42. The average molecular weight is 323 g/mol. The summed E-state index contributed by atoms with van der Waals surface area (Å²) in [5, 5.41) is 2.58. The van der Waals surface area contributed by atoms with Crippen LogP contribution in [0, 0.1) is 0 Å². The van der Waals surface area contributed by atoms with E-state index in [0.717, 1.165) is 5.56 Å². The van der Waals surface area contributed by atoms with Crippen molar-refractivity contribution in [1.82, 2.24) is 5.32 Å². The van der Waals surface area contributed by atoms with Crippen molar-refractivity contribution in [2.45, 2.75) is 18.9 Å². The second-order valence-corrected chi connectivity index (χ2v) is 5.93. The van der Waals surface area contributed by atoms with Crippen molar-refractivity contribution in [3.8, 4) is 0 Å². The van der Waals surface area contributed by atoms with Crippen molar-refractivity contribution >= 4 is 17.7 Å². The number of cyclic esters (lactones) is 1. The van der Waals surface area contributed by atoms with E-state index >= 15 is 0 Å². The fraction of sp³-hybridized carbons (Fsp3) is 0.211. The zero-order valence-corrected chi connectivity index (χ0v) is 13.2. The van der Waals surface area contributed by atoms with Crippen LogP contribution in [0.5, 0.6) is 0 Å². The van der Waals surface area contributed by atoms with E-state index in [1.807, 2.05) is 12.1 Å². The molecule has 0 saturated heterocycles. The molecule has 5 heteroatoms. The molecule has 0 bridgehead atoms. The summed E-state index contributed by atoms with van der Waals surface area (Å²) in [7, 11) is 0. The predicted molar refractivity (Wildman–Crippen MR) is 87.7 cm³/mol. The summed E-state index contributed by atoms with van der Waals surface area (Å²) in [4.78, 5) is 36.6. The van der Waals surface area contributed by atoms with Crippen LogP contribution in [0.1, 0.15) is 33.2 Å². The lowest BCUT2D eigenvalue weighted by atomic mass is 9.89. The standard InChI is InChI=1S/C19H17NO4/c1-19(11-14-9-5-6-10-15(14)17(22)24-19)18(23)20-12-16(21)13-7-3-2-4-8-13/h2-10H,11-12H2,1H3,(H,20,23)/t19-/m0/s1. The Bertz CT molecular complexity index is 800. The van der Waals surface area contributed by atoms with Gasteiger partial charge in [0, 0.05) is 12.0 Å². The monoisotopic (exact) mass is 323 g/mol. The van der Waals surface area contributed by atoms with E-state index in [2.05, 4.69) is 5.32 Å². The predicted octanol–water partition coefficient (Wildman–Crippen LogP) is 2.16. The van der Waals surface area contributed by atoms with Crippen LogP contribution in [0.2, 0.25) is 0 Å². The molecule has 1 heterocycles. The highest BCUT2D eigenvalue weighted by Crippen LogP contribution is 2.28. The van der Waals surface area contributed by atoms with E-state index in [-0.39, 0.29) is 18.7 Å². The summed E-state index contributed by atoms with van der Waals surface area (Å²) < 4.78 is 5.34. The highest BCUT2D eigenvalue weighted by molar-refractivity contribution is 6.01. The molecular formula is C19H17NO4. The Morgan fingerprint density at radius 1 is 1.08 bits per heavy atom. The first kappa shape index (κ1) is 15.9. The minimum Gasteiger partial charge on any atom is -0.445 e. The van der Waals surface area contributed by atoms with Crippen LogP contribution < -0.4 is 5.32 Å². The molecule has 0 spiro atoms. The number of ketones is 1. The lowest BCUT2D eigenvalue weighted by Gasteiger charge is -2.32. The van der Waals surface area contributed by atoms with Gasteiger partial charge in [-0.1, -0.05) is 48.5 Å². The molecule has 1 aliphatic heterocycles. The molecule has 24 heavy (non-hydrogen) atoms. The van der Waals surface area contributed by atoms with E-state index in [9.17, 15) is 14.4 Å². The largest absolute Gasteiger partial charge is 0.445 e. The Kier molecular flexibility index (Phi) is 4.16. The molecule has 0 saturated carbocycles. The van der Waals surface area contributed by atoms with E-state index in [1.54, 1.807) is 49.4 Å². The number of fused-ring (bicyclic) bond motifs is 1. The van der Waals surface area contributed by atoms with Crippen molar-refractivity contribution < 1.29 is 19.1 Å². The van der Waals surface area contributed by atoms with Gasteiger partial charge < -0.3 is 10.1 Å². The van der Waals surface area contributed by atoms with Gasteiger partial charge in [0.25, 0.3) is 5.91 Å². The number of hydrogen-bond acceptors (Lipinski definition) is 4. The van der Waals surface area contributed by atoms with Gasteiger partial charge in [0.2, 0.25) is 0 Å². The summed E-state index contributed by atoms with van der Waals surface area (Å²) >= 11 is 0. The fourth-order valence-corrected chi connectivity index (χ4v) is 2.73. The Balaban J connectivity index is 1.69. The van der Waals surface area contributed by atoms with Gasteiger partial charge in [-0.15, -0.1) is 0 Å². The van der Waals surface area contributed by atoms with Crippen LogP contribution in [0.15, 0.2) is 54.6 Å². The number of esters is 1. The van der Waals surface area contributed by atoms with Gasteiger partial charge in [0.1, 0.15) is 0 Å². The van der Waals surface area contributed by atoms with Crippen LogP contribution in [0.25, 0.3) is 0 Å². The van der Waals surface area contributed by atoms with E-state index in [0.29, 0.717) is 11.1 Å². The summed E-state index contributed by atoms with van der Waals surface area (Å²) in [6, 6.07) is 15.8. The number of nitrogens with one attached hydrogen (secondary N) is 1. The summed E-state index contributed by atoms with van der Waals surface area (Å²) in [5.74, 6) is -1.20. The number of amides is 1. The van der Waals surface area contributed by atoms with Crippen LogP contribution in [0.4, 0.5) is 0 Å². The second-order valence-electron chi connectivity index (χ2n) is 5.93. The van der Waals surface area contributed by atoms with Gasteiger partial charge in [-0.25, -0.2) is 4.79 Å². The molecule has 0 unspecified atom stereocenters. The third kappa shape index (κ3) is 3.06. The van der Waals surface area contributed by atoms with Crippen molar-refractivity contribution in [3.63, 3.8) is 0 Å². The molecule has 0 aromatic heterocycles. The zero-order valence-electron chi connectivity index (χ0n) is 13.2. The first-order valence-corrected chi connectivity index (χ1v) is 7.67. The Morgan fingerprint density at radius 2 is 1.75 bits per heavy atom. The molecular weight excluding hydrogens is 306 g/mol. The fourth-order valence-electron chi connectivity index (χ4n) is 2.73. The number of carbonyl (C=O) groups excluding carboxylic acids is 3. The maximum Gasteiger partial charge on any atom is 0.339 e. The molecule has 1 amide bonds. The lowest BCUT2D eigenvalue weighted by molar-refractivity contribution is -0.139. The first-order valence-electron chi connectivity index (χ1n) is 7.67. The third-order valence-corrected chi connectivity index (χ3v) is 4.07. The normalized spacial score (nSPS) is 19.1. The van der Waals surface area contributed by atoms with Gasteiger partial charge >= 0.3 is 5.97 Å². The molecule has 1 atom stereocenters. The summed E-state index contributed by atoms with van der Waals surface area (Å²) in [6.07, 6.45) is 0.278. The van der Waals surface area contributed by atoms with E-state index in [4.69, 9.17) is 4.74 Å². The Hall–Kier alpha value is -2.95. The molecule has 1 aliphatic rings. The molecule has 2 aromatic rings. The molecule has 3 rings (SSSR count). The van der Waals surface area contributed by atoms with Gasteiger partial charge in [-0.3, -0.25) is 9.59 Å². The third-order valence-electron chi connectivity index (χ3n) is 4.07. The van der Waals surface area contributed by atoms with Gasteiger partial charge in [-0.05, 0) is 18.6 Å². The number of rotatable bonds is 4. The number of hydrogen-bond donors (Lipinski definition) is 1. The molecule has 0 radical (unpaired) electrons. The van der Waals surface area contributed by atoms with Crippen LogP contribution in [-0.2, 0) is 16.0 Å². The van der Waals surface area contributed by atoms with Crippen LogP contribution in [0.3, 0.4) is 0 Å². The zero-order chi connectivity index (χ0) is 17.2. The van der Waals surface area contributed by atoms with Crippen molar-refractivity contribution in [1.29, 1.82) is 0 Å². The highest BCUT2D eigenvalue weighted by atomic mass is 16.6. The van der Waals surface area contributed by atoms with Crippen molar-refractivity contribution in [2.75, 3.05) is 6.54 Å². The van der Waals surface area contributed by atoms with Crippen LogP contribution >= 0.6 is 0 Å². The summed E-state index contributed by atoms with van der Waals surface area (Å²) in [5.41, 5.74) is 0.445. The first-order chi connectivity index (χ1) is 11.5. The number of benzene rings is 2. The minimum absolute atomic E-state index is 0.141. The molecule has 5 nitrogen and oxygen atoms in total. The molecule has 122 valence electrons. The lowest BCUT2D eigenvalue weighted by Crippen LogP contribution is -2.52. The van der Waals surface area contributed by atoms with Gasteiger partial charge in [-0.2, -0.15) is 0 Å². The quantitative estimate of drug-likeness (QED) is 0.691. The number of Topliss-reactive ketones (excluding diaryl/α,β-unsaturated/α-hetero) is 1. The molecule has 2 aromatic carbocycles. The maximum absolute atomic E-state index is 12.5. The average Bonchev–Trinajstić information content (AvgIpc) is 2.60. The van der Waals surface area contributed by atoms with E-state index < -0.39 is 17.5 Å². The number of carbonyl (C=O) groups is 3. The van der Waals surface area contributed by atoms with Gasteiger partial charge in [0.15, 0.2) is 11.4 Å². The number of ether oxygens (including phenoxy) is 1. The maximum atomic E-state index is 12.5. The second kappa shape index (κ2) is 6.28. The summed E-state index contributed by atoms with van der Waals surface area (Å²) in [6.45, 7) is 1.42. The minimum atomic E-state index is -1.32. The van der Waals surface area contributed by atoms with Crippen molar-refractivity contribution in [3.05, 3.63) is 71.3 Å². The van der Waals surface area contributed by atoms with Crippen molar-refractivity contribution in [2.24, 2.45) is 0 Å². The SMILES string of the molecule is C[C@@]1(C(=O)NCC(=O)c2ccccc2)Cc2ccccc2C(=O)O1. The topological polar surface area (TPSA) is 72.5 Å². The smallest absolute Gasteiger partial charge is 0.339 e. The molecule has 0 fully saturated rings. The molecule has 1 N–H and O–H groups in total.